The molecule has 0 saturated carbocycles. The summed E-state index contributed by atoms with van der Waals surface area (Å²) in [5.41, 5.74) is 0. The Labute approximate surface area is 67.1 Å². The van der Waals surface area contributed by atoms with Crippen LogP contribution in [0.3, 0.4) is 0 Å². The molecule has 0 aromatic heterocycles. The van der Waals surface area contributed by atoms with Gasteiger partial charge in [0.2, 0.25) is 0 Å². The molecule has 0 aliphatic heterocycles. The number of aldehydes is 1. The summed E-state index contributed by atoms with van der Waals surface area (Å²) in [6, 6.07) is 0. The molecule has 2 heteroatoms. The third-order valence-corrected chi connectivity index (χ3v) is 1.64. The lowest BCUT2D eigenvalue weighted by atomic mass is 9.94. The number of carbonyl (C=O) groups is 1. The molecule has 0 radical (unpaired) electrons. The molecule has 0 rings (SSSR count). The van der Waals surface area contributed by atoms with E-state index in [1.807, 2.05) is 13.8 Å². The first-order valence-corrected chi connectivity index (χ1v) is 3.74. The van der Waals surface area contributed by atoms with E-state index in [1.54, 1.807) is 0 Å². The maximum Gasteiger partial charge on any atom is 0.123 e. The average molecular weight is 161 g/mol. The van der Waals surface area contributed by atoms with Gasteiger partial charge in [-0.05, 0) is 12.3 Å². The van der Waals surface area contributed by atoms with Crippen molar-refractivity contribution in [2.45, 2.75) is 20.3 Å². The van der Waals surface area contributed by atoms with Gasteiger partial charge in [0, 0.05) is 11.0 Å². The molecule has 0 N–H and O–H groups in total. The van der Waals surface area contributed by atoms with Gasteiger partial charge in [-0.1, -0.05) is 32.0 Å². The predicted molar refractivity (Wildman–Crippen MR) is 44.0 cm³/mol. The zero-order valence-corrected chi connectivity index (χ0v) is 7.19. The summed E-state index contributed by atoms with van der Waals surface area (Å²) in [5.74, 6) is 0.387. The van der Waals surface area contributed by atoms with E-state index in [2.05, 4.69) is 6.58 Å². The zero-order chi connectivity index (χ0) is 8.15. The topological polar surface area (TPSA) is 17.1 Å². The summed E-state index contributed by atoms with van der Waals surface area (Å²) in [6.45, 7) is 7.53. The maximum atomic E-state index is 10.4. The Morgan fingerprint density at radius 3 is 2.30 bits per heavy atom. The molecule has 58 valence electrons. The number of carbonyl (C=O) groups excluding carboxylic acids is 1. The molecule has 0 aliphatic carbocycles. The van der Waals surface area contributed by atoms with Crippen molar-refractivity contribution in [2.24, 2.45) is 11.8 Å². The van der Waals surface area contributed by atoms with Crippen LogP contribution in [0.2, 0.25) is 0 Å². The molecule has 0 aliphatic rings. The normalized spacial score (nSPS) is 13.2. The highest BCUT2D eigenvalue weighted by Gasteiger charge is 2.11. The largest absolute Gasteiger partial charge is 0.303 e. The van der Waals surface area contributed by atoms with Crippen LogP contribution in [0.25, 0.3) is 0 Å². The number of hydrogen-bond acceptors (Lipinski definition) is 1. The van der Waals surface area contributed by atoms with E-state index < -0.39 is 0 Å². The molecule has 0 amide bonds. The SMILES string of the molecule is C=C(Cl)CC(C=O)C(C)C. The zero-order valence-electron chi connectivity index (χ0n) is 6.43. The predicted octanol–water partition coefficient (Wildman–Crippen LogP) is 2.60. The molecule has 1 nitrogen and oxygen atoms in total. The summed E-state index contributed by atoms with van der Waals surface area (Å²) in [6.07, 6.45) is 1.54. The van der Waals surface area contributed by atoms with Gasteiger partial charge in [-0.15, -0.1) is 0 Å². The molecule has 0 saturated heterocycles. The monoisotopic (exact) mass is 160 g/mol. The van der Waals surface area contributed by atoms with Crippen molar-refractivity contribution < 1.29 is 4.79 Å². The molecule has 0 aromatic rings. The lowest BCUT2D eigenvalue weighted by Crippen LogP contribution is -2.09. The summed E-state index contributed by atoms with van der Waals surface area (Å²) < 4.78 is 0. The Bertz CT molecular complexity index is 129. The first-order chi connectivity index (χ1) is 4.57. The standard InChI is InChI=1S/C8H13ClO/c1-6(2)8(5-10)4-7(3)9/h5-6,8H,3-4H2,1-2H3. The molecule has 1 atom stereocenters. The van der Waals surface area contributed by atoms with Gasteiger partial charge in [-0.2, -0.15) is 0 Å². The van der Waals surface area contributed by atoms with E-state index in [4.69, 9.17) is 11.6 Å². The molecule has 0 bridgehead atoms. The third kappa shape index (κ3) is 3.67. The van der Waals surface area contributed by atoms with Crippen LogP contribution in [-0.4, -0.2) is 6.29 Å². The van der Waals surface area contributed by atoms with Crippen molar-refractivity contribution >= 4 is 17.9 Å². The van der Waals surface area contributed by atoms with Gasteiger partial charge >= 0.3 is 0 Å². The Morgan fingerprint density at radius 2 is 2.20 bits per heavy atom. The van der Waals surface area contributed by atoms with E-state index in [0.717, 1.165) is 6.29 Å². The first kappa shape index (κ1) is 9.70. The second kappa shape index (κ2) is 4.51. The van der Waals surface area contributed by atoms with Crippen LogP contribution < -0.4 is 0 Å². The van der Waals surface area contributed by atoms with Crippen molar-refractivity contribution in [1.29, 1.82) is 0 Å². The molecule has 0 heterocycles. The van der Waals surface area contributed by atoms with Gasteiger partial charge < -0.3 is 4.79 Å². The third-order valence-electron chi connectivity index (χ3n) is 1.49. The van der Waals surface area contributed by atoms with Crippen molar-refractivity contribution in [3.63, 3.8) is 0 Å². The smallest absolute Gasteiger partial charge is 0.123 e. The average Bonchev–Trinajstić information content (AvgIpc) is 1.81. The summed E-state index contributed by atoms with van der Waals surface area (Å²) >= 11 is 5.54. The summed E-state index contributed by atoms with van der Waals surface area (Å²) in [4.78, 5) is 10.4. The quantitative estimate of drug-likeness (QED) is 0.578. The van der Waals surface area contributed by atoms with Crippen LogP contribution in [0.4, 0.5) is 0 Å². The van der Waals surface area contributed by atoms with Crippen LogP contribution >= 0.6 is 11.6 Å². The number of rotatable bonds is 4. The van der Waals surface area contributed by atoms with E-state index >= 15 is 0 Å². The van der Waals surface area contributed by atoms with Crippen molar-refractivity contribution in [1.82, 2.24) is 0 Å². The van der Waals surface area contributed by atoms with Gasteiger partial charge in [0.25, 0.3) is 0 Å². The van der Waals surface area contributed by atoms with Crippen LogP contribution in [0.1, 0.15) is 20.3 Å². The van der Waals surface area contributed by atoms with Crippen LogP contribution in [0.15, 0.2) is 11.6 Å². The number of hydrogen-bond donors (Lipinski definition) is 0. The fourth-order valence-electron chi connectivity index (χ4n) is 0.697. The molecule has 0 spiro atoms. The van der Waals surface area contributed by atoms with Crippen LogP contribution in [0, 0.1) is 11.8 Å². The second-order valence-electron chi connectivity index (χ2n) is 2.77. The first-order valence-electron chi connectivity index (χ1n) is 3.36. The minimum absolute atomic E-state index is 0.0324. The Morgan fingerprint density at radius 1 is 1.70 bits per heavy atom. The Balaban J connectivity index is 3.83. The van der Waals surface area contributed by atoms with Gasteiger partial charge in [0.1, 0.15) is 6.29 Å². The highest BCUT2D eigenvalue weighted by Crippen LogP contribution is 2.18. The van der Waals surface area contributed by atoms with Gasteiger partial charge in [0.15, 0.2) is 0 Å². The molecule has 0 fully saturated rings. The fraction of sp³-hybridized carbons (Fsp3) is 0.625. The minimum Gasteiger partial charge on any atom is -0.303 e. The van der Waals surface area contributed by atoms with Crippen molar-refractivity contribution in [3.05, 3.63) is 11.6 Å². The lowest BCUT2D eigenvalue weighted by Gasteiger charge is -2.11. The van der Waals surface area contributed by atoms with Crippen LogP contribution in [-0.2, 0) is 4.79 Å². The van der Waals surface area contributed by atoms with Gasteiger partial charge in [-0.25, -0.2) is 0 Å². The minimum atomic E-state index is 0.0324. The van der Waals surface area contributed by atoms with Gasteiger partial charge in [0.05, 0.1) is 0 Å². The van der Waals surface area contributed by atoms with Crippen LogP contribution in [0.5, 0.6) is 0 Å². The molecule has 10 heavy (non-hydrogen) atoms. The molecular weight excluding hydrogens is 148 g/mol. The second-order valence-corrected chi connectivity index (χ2v) is 3.30. The summed E-state index contributed by atoms with van der Waals surface area (Å²) in [5, 5.41) is 0.561. The van der Waals surface area contributed by atoms with Gasteiger partial charge in [-0.3, -0.25) is 0 Å². The Kier molecular flexibility index (Phi) is 4.37. The van der Waals surface area contributed by atoms with E-state index in [1.165, 1.54) is 0 Å². The highest BCUT2D eigenvalue weighted by atomic mass is 35.5. The van der Waals surface area contributed by atoms with E-state index in [0.29, 0.717) is 17.4 Å². The Hall–Kier alpha value is -0.300. The fourth-order valence-corrected chi connectivity index (χ4v) is 0.875. The molecule has 0 aromatic carbocycles. The highest BCUT2D eigenvalue weighted by molar-refractivity contribution is 6.29. The number of allylic oxidation sites excluding steroid dienone is 1. The van der Waals surface area contributed by atoms with Crippen molar-refractivity contribution in [3.8, 4) is 0 Å². The maximum absolute atomic E-state index is 10.4. The molecule has 1 unspecified atom stereocenters. The van der Waals surface area contributed by atoms with Crippen molar-refractivity contribution in [2.75, 3.05) is 0 Å². The lowest BCUT2D eigenvalue weighted by molar-refractivity contribution is -0.112. The van der Waals surface area contributed by atoms with E-state index in [9.17, 15) is 4.79 Å². The summed E-state index contributed by atoms with van der Waals surface area (Å²) in [7, 11) is 0. The number of halogens is 1. The molecular formula is C8H13ClO. The van der Waals surface area contributed by atoms with E-state index in [-0.39, 0.29) is 5.92 Å².